The van der Waals surface area contributed by atoms with Crippen molar-refractivity contribution in [3.63, 3.8) is 0 Å². The Kier molecular flexibility index (Phi) is 2.33. The Bertz CT molecular complexity index is 713. The maximum atomic E-state index is 5.53. The van der Waals surface area contributed by atoms with Crippen LogP contribution in [0.2, 0.25) is 0 Å². The van der Waals surface area contributed by atoms with E-state index < -0.39 is 0 Å². The first-order valence-corrected chi connectivity index (χ1v) is 6.66. The Morgan fingerprint density at radius 3 is 3.32 bits per heavy atom. The van der Waals surface area contributed by atoms with Gasteiger partial charge in [-0.3, -0.25) is 5.10 Å². The topological polar surface area (TPSA) is 53.9 Å². The number of benzene rings is 1. The van der Waals surface area contributed by atoms with Gasteiger partial charge in [-0.15, -0.1) is 0 Å². The van der Waals surface area contributed by atoms with Crippen molar-refractivity contribution in [2.75, 3.05) is 5.32 Å². The Labute approximate surface area is 110 Å². The van der Waals surface area contributed by atoms with Crippen LogP contribution in [0.1, 0.15) is 30.2 Å². The molecule has 1 atom stereocenters. The second-order valence-electron chi connectivity index (χ2n) is 5.06. The molecule has 0 saturated carbocycles. The van der Waals surface area contributed by atoms with Crippen molar-refractivity contribution < 1.29 is 4.42 Å². The summed E-state index contributed by atoms with van der Waals surface area (Å²) >= 11 is 0. The largest absolute Gasteiger partial charge is 0.469 e. The summed E-state index contributed by atoms with van der Waals surface area (Å²) in [5.41, 5.74) is 3.50. The number of hydrogen-bond donors (Lipinski definition) is 2. The molecule has 0 fully saturated rings. The molecule has 1 aliphatic carbocycles. The van der Waals surface area contributed by atoms with Gasteiger partial charge in [0.2, 0.25) is 0 Å². The lowest BCUT2D eigenvalue weighted by Gasteiger charge is -2.23. The molecule has 1 unspecified atom stereocenters. The molecule has 4 nitrogen and oxygen atoms in total. The normalized spacial score (nSPS) is 18.4. The van der Waals surface area contributed by atoms with Gasteiger partial charge in [-0.2, -0.15) is 5.10 Å². The van der Waals surface area contributed by atoms with Gasteiger partial charge in [0.05, 0.1) is 24.0 Å². The van der Waals surface area contributed by atoms with Crippen molar-refractivity contribution in [2.45, 2.75) is 25.3 Å². The van der Waals surface area contributed by atoms with Gasteiger partial charge in [-0.05, 0) is 37.1 Å². The fourth-order valence-corrected chi connectivity index (χ4v) is 2.87. The van der Waals surface area contributed by atoms with E-state index in [0.29, 0.717) is 6.04 Å². The highest BCUT2D eigenvalue weighted by molar-refractivity contribution is 5.81. The third kappa shape index (κ3) is 1.80. The SMILES string of the molecule is c1cc2c(o1)CCCC2Nc1ccc2[nH]ncc2c1. The first kappa shape index (κ1) is 10.7. The van der Waals surface area contributed by atoms with Crippen LogP contribution in [0.5, 0.6) is 0 Å². The number of anilines is 1. The maximum Gasteiger partial charge on any atom is 0.109 e. The van der Waals surface area contributed by atoms with E-state index in [1.807, 2.05) is 6.20 Å². The summed E-state index contributed by atoms with van der Waals surface area (Å²) in [7, 11) is 0. The van der Waals surface area contributed by atoms with E-state index in [9.17, 15) is 0 Å². The first-order chi connectivity index (χ1) is 9.40. The zero-order valence-electron chi connectivity index (χ0n) is 10.5. The van der Waals surface area contributed by atoms with E-state index in [0.717, 1.165) is 35.2 Å². The van der Waals surface area contributed by atoms with E-state index >= 15 is 0 Å². The van der Waals surface area contributed by atoms with E-state index in [4.69, 9.17) is 4.42 Å². The van der Waals surface area contributed by atoms with Crippen molar-refractivity contribution in [2.24, 2.45) is 0 Å². The highest BCUT2D eigenvalue weighted by Crippen LogP contribution is 2.33. The predicted octanol–water partition coefficient (Wildman–Crippen LogP) is 3.65. The van der Waals surface area contributed by atoms with E-state index in [1.165, 1.54) is 12.0 Å². The molecule has 0 amide bonds. The summed E-state index contributed by atoms with van der Waals surface area (Å²) in [5, 5.41) is 11.8. The molecule has 4 rings (SSSR count). The number of rotatable bonds is 2. The van der Waals surface area contributed by atoms with E-state index in [1.54, 1.807) is 6.26 Å². The van der Waals surface area contributed by atoms with Crippen molar-refractivity contribution in [3.05, 3.63) is 48.0 Å². The zero-order chi connectivity index (χ0) is 12.7. The number of nitrogens with one attached hydrogen (secondary N) is 2. The zero-order valence-corrected chi connectivity index (χ0v) is 10.5. The lowest BCUT2D eigenvalue weighted by Crippen LogP contribution is -2.15. The molecular formula is C15H15N3O. The van der Waals surface area contributed by atoms with Gasteiger partial charge < -0.3 is 9.73 Å². The second-order valence-corrected chi connectivity index (χ2v) is 5.06. The molecule has 0 spiro atoms. The standard InChI is InChI=1S/C15H15N3O/c1-2-14(12-6-7-19-15(12)3-1)17-11-4-5-13-10(8-11)9-16-18-13/h4-9,14,17H,1-3H2,(H,16,18). The Balaban J connectivity index is 1.65. The van der Waals surface area contributed by atoms with Gasteiger partial charge in [0.1, 0.15) is 5.76 Å². The van der Waals surface area contributed by atoms with Gasteiger partial charge in [-0.25, -0.2) is 0 Å². The molecular weight excluding hydrogens is 238 g/mol. The van der Waals surface area contributed by atoms with Crippen molar-refractivity contribution in [3.8, 4) is 0 Å². The summed E-state index contributed by atoms with van der Waals surface area (Å²) in [4.78, 5) is 0. The number of aromatic nitrogens is 2. The van der Waals surface area contributed by atoms with Crippen LogP contribution in [-0.2, 0) is 6.42 Å². The molecule has 2 aromatic heterocycles. The van der Waals surface area contributed by atoms with Gasteiger partial charge in [0, 0.05) is 23.1 Å². The smallest absolute Gasteiger partial charge is 0.109 e. The summed E-state index contributed by atoms with van der Waals surface area (Å²) in [6.45, 7) is 0. The molecule has 0 saturated heterocycles. The van der Waals surface area contributed by atoms with E-state index in [2.05, 4.69) is 39.8 Å². The van der Waals surface area contributed by atoms with Gasteiger partial charge in [0.25, 0.3) is 0 Å². The number of aromatic amines is 1. The summed E-state index contributed by atoms with van der Waals surface area (Å²) in [6, 6.07) is 8.72. The number of nitrogens with zero attached hydrogens (tertiary/aromatic N) is 1. The number of fused-ring (bicyclic) bond motifs is 2. The minimum atomic E-state index is 0.354. The van der Waals surface area contributed by atoms with Gasteiger partial charge >= 0.3 is 0 Å². The first-order valence-electron chi connectivity index (χ1n) is 6.66. The van der Waals surface area contributed by atoms with Crippen LogP contribution in [0.3, 0.4) is 0 Å². The second kappa shape index (κ2) is 4.16. The maximum absolute atomic E-state index is 5.53. The summed E-state index contributed by atoms with van der Waals surface area (Å²) in [6.07, 6.45) is 7.03. The van der Waals surface area contributed by atoms with Crippen LogP contribution in [0, 0.1) is 0 Å². The molecule has 0 aliphatic heterocycles. The quantitative estimate of drug-likeness (QED) is 0.733. The van der Waals surface area contributed by atoms with Gasteiger partial charge in [-0.1, -0.05) is 0 Å². The fourth-order valence-electron chi connectivity index (χ4n) is 2.87. The molecule has 96 valence electrons. The van der Waals surface area contributed by atoms with Crippen LogP contribution in [0.4, 0.5) is 5.69 Å². The Morgan fingerprint density at radius 1 is 1.32 bits per heavy atom. The van der Waals surface area contributed by atoms with E-state index in [-0.39, 0.29) is 0 Å². The molecule has 0 radical (unpaired) electrons. The monoisotopic (exact) mass is 253 g/mol. The highest BCUT2D eigenvalue weighted by atomic mass is 16.3. The van der Waals surface area contributed by atoms with Gasteiger partial charge in [0.15, 0.2) is 0 Å². The third-order valence-electron chi connectivity index (χ3n) is 3.83. The lowest BCUT2D eigenvalue weighted by molar-refractivity contribution is 0.461. The van der Waals surface area contributed by atoms with Crippen LogP contribution >= 0.6 is 0 Å². The van der Waals surface area contributed by atoms with Crippen molar-refractivity contribution >= 4 is 16.6 Å². The van der Waals surface area contributed by atoms with Crippen LogP contribution in [0.25, 0.3) is 10.9 Å². The molecule has 19 heavy (non-hydrogen) atoms. The number of hydrogen-bond acceptors (Lipinski definition) is 3. The number of aryl methyl sites for hydroxylation is 1. The summed E-state index contributed by atoms with van der Waals surface area (Å²) in [5.74, 6) is 1.13. The average molecular weight is 253 g/mol. The summed E-state index contributed by atoms with van der Waals surface area (Å²) < 4.78 is 5.53. The molecule has 3 aromatic rings. The number of H-pyrrole nitrogens is 1. The Morgan fingerprint density at radius 2 is 2.32 bits per heavy atom. The van der Waals surface area contributed by atoms with Crippen molar-refractivity contribution in [1.82, 2.24) is 10.2 Å². The Hall–Kier alpha value is -2.23. The molecule has 2 heterocycles. The molecule has 0 bridgehead atoms. The minimum absolute atomic E-state index is 0.354. The molecule has 2 N–H and O–H groups in total. The fraction of sp³-hybridized carbons (Fsp3) is 0.267. The molecule has 1 aromatic carbocycles. The molecule has 4 heteroatoms. The van der Waals surface area contributed by atoms with Crippen LogP contribution in [-0.4, -0.2) is 10.2 Å². The number of furan rings is 1. The predicted molar refractivity (Wildman–Crippen MR) is 74.1 cm³/mol. The van der Waals surface area contributed by atoms with Crippen LogP contribution in [0.15, 0.2) is 41.1 Å². The lowest BCUT2D eigenvalue weighted by atomic mass is 9.93. The molecule has 1 aliphatic rings. The minimum Gasteiger partial charge on any atom is -0.469 e. The third-order valence-corrected chi connectivity index (χ3v) is 3.83. The van der Waals surface area contributed by atoms with Crippen molar-refractivity contribution in [1.29, 1.82) is 0 Å². The average Bonchev–Trinajstić information content (AvgIpc) is 3.06. The van der Waals surface area contributed by atoms with Crippen LogP contribution < -0.4 is 5.32 Å². The highest BCUT2D eigenvalue weighted by Gasteiger charge is 2.22.